The molecule has 0 saturated carbocycles. The Balaban J connectivity index is 1.82. The first kappa shape index (κ1) is 15.3. The molecule has 5 nitrogen and oxygen atoms in total. The van der Waals surface area contributed by atoms with Crippen LogP contribution in [0, 0.1) is 6.92 Å². The molecule has 1 aromatic carbocycles. The van der Waals surface area contributed by atoms with E-state index in [-0.39, 0.29) is 12.3 Å². The highest BCUT2D eigenvalue weighted by Gasteiger charge is 2.07. The first-order chi connectivity index (χ1) is 10.0. The number of anilines is 2. The molecule has 3 N–H and O–H groups in total. The lowest BCUT2D eigenvalue weighted by molar-refractivity contribution is -0.116. The van der Waals surface area contributed by atoms with Crippen molar-refractivity contribution in [1.29, 1.82) is 0 Å². The molecule has 1 amide bonds. The first-order valence-corrected chi connectivity index (χ1v) is 7.24. The zero-order valence-electron chi connectivity index (χ0n) is 11.6. The number of halogens is 1. The molecule has 2 aromatic rings. The number of carbonyl (C=O) groups is 1. The van der Waals surface area contributed by atoms with E-state index < -0.39 is 0 Å². The number of nitrogens with zero attached hydrogens (tertiary/aromatic N) is 1. The molecule has 21 heavy (non-hydrogen) atoms. The van der Waals surface area contributed by atoms with Gasteiger partial charge in [-0.25, -0.2) is 4.98 Å². The van der Waals surface area contributed by atoms with Gasteiger partial charge in [0.2, 0.25) is 5.91 Å². The molecule has 0 atom stereocenters. The van der Waals surface area contributed by atoms with Gasteiger partial charge >= 0.3 is 0 Å². The summed E-state index contributed by atoms with van der Waals surface area (Å²) in [6.45, 7) is 2.30. The van der Waals surface area contributed by atoms with Crippen LogP contribution in [0.15, 0.2) is 41.0 Å². The molecule has 0 unspecified atom stereocenters. The minimum absolute atomic E-state index is 0.166. The Morgan fingerprint density at radius 1 is 1.43 bits per heavy atom. The van der Waals surface area contributed by atoms with Crippen molar-refractivity contribution in [2.75, 3.05) is 17.7 Å². The Morgan fingerprint density at radius 2 is 2.24 bits per heavy atom. The van der Waals surface area contributed by atoms with Crippen LogP contribution in [0.25, 0.3) is 0 Å². The van der Waals surface area contributed by atoms with E-state index in [9.17, 15) is 4.79 Å². The predicted molar refractivity (Wildman–Crippen MR) is 86.3 cm³/mol. The summed E-state index contributed by atoms with van der Waals surface area (Å²) >= 11 is 3.30. The molecule has 0 fully saturated rings. The quantitative estimate of drug-likeness (QED) is 0.869. The fraction of sp³-hybridized carbons (Fsp3) is 0.200. The fourth-order valence-electron chi connectivity index (χ4n) is 1.71. The minimum atomic E-state index is -0.166. The minimum Gasteiger partial charge on any atom is -0.493 e. The van der Waals surface area contributed by atoms with Crippen LogP contribution < -0.4 is 15.8 Å². The average molecular weight is 350 g/mol. The van der Waals surface area contributed by atoms with Crippen molar-refractivity contribution in [3.05, 3.63) is 46.6 Å². The van der Waals surface area contributed by atoms with Crippen LogP contribution in [0.5, 0.6) is 5.75 Å². The van der Waals surface area contributed by atoms with Gasteiger partial charge in [-0.05, 0) is 46.6 Å². The lowest BCUT2D eigenvalue weighted by Crippen LogP contribution is -2.16. The second-order valence-corrected chi connectivity index (χ2v) is 5.42. The molecule has 0 spiro atoms. The lowest BCUT2D eigenvalue weighted by Gasteiger charge is -2.08. The lowest BCUT2D eigenvalue weighted by atomic mass is 10.2. The molecule has 0 saturated heterocycles. The SMILES string of the molecule is Cc1cccc(OCCC(=O)Nc2ncc(N)cc2Br)c1. The van der Waals surface area contributed by atoms with Crippen molar-refractivity contribution in [1.82, 2.24) is 4.98 Å². The maximum absolute atomic E-state index is 11.8. The number of nitrogens with one attached hydrogen (secondary N) is 1. The Morgan fingerprint density at radius 3 is 2.95 bits per heavy atom. The van der Waals surface area contributed by atoms with Crippen LogP contribution in [0.1, 0.15) is 12.0 Å². The highest BCUT2D eigenvalue weighted by molar-refractivity contribution is 9.10. The van der Waals surface area contributed by atoms with Crippen molar-refractivity contribution < 1.29 is 9.53 Å². The van der Waals surface area contributed by atoms with Crippen LogP contribution in [-0.4, -0.2) is 17.5 Å². The van der Waals surface area contributed by atoms with E-state index in [4.69, 9.17) is 10.5 Å². The maximum Gasteiger partial charge on any atom is 0.228 e. The van der Waals surface area contributed by atoms with Crippen LogP contribution >= 0.6 is 15.9 Å². The second-order valence-electron chi connectivity index (χ2n) is 4.56. The summed E-state index contributed by atoms with van der Waals surface area (Å²) in [5, 5.41) is 2.70. The number of hydrogen-bond acceptors (Lipinski definition) is 4. The third-order valence-corrected chi connectivity index (χ3v) is 3.31. The molecule has 0 aliphatic rings. The van der Waals surface area contributed by atoms with E-state index in [1.807, 2.05) is 31.2 Å². The number of aromatic nitrogens is 1. The zero-order valence-corrected chi connectivity index (χ0v) is 13.2. The monoisotopic (exact) mass is 349 g/mol. The number of nitrogens with two attached hydrogens (primary N) is 1. The average Bonchev–Trinajstić information content (AvgIpc) is 2.42. The summed E-state index contributed by atoms with van der Waals surface area (Å²) in [6, 6.07) is 9.38. The maximum atomic E-state index is 11.8. The molecule has 0 aliphatic heterocycles. The van der Waals surface area contributed by atoms with Gasteiger partial charge in [-0.3, -0.25) is 4.79 Å². The van der Waals surface area contributed by atoms with Crippen molar-refractivity contribution in [2.45, 2.75) is 13.3 Å². The Labute approximate surface area is 131 Å². The van der Waals surface area contributed by atoms with E-state index in [0.29, 0.717) is 22.6 Å². The number of aryl methyl sites for hydroxylation is 1. The van der Waals surface area contributed by atoms with Crippen LogP contribution in [-0.2, 0) is 4.79 Å². The molecule has 6 heteroatoms. The zero-order chi connectivity index (χ0) is 15.2. The summed E-state index contributed by atoms with van der Waals surface area (Å²) in [5.41, 5.74) is 7.24. The van der Waals surface area contributed by atoms with Crippen molar-refractivity contribution >= 4 is 33.3 Å². The van der Waals surface area contributed by atoms with Crippen LogP contribution in [0.2, 0.25) is 0 Å². The molecular formula is C15H16BrN3O2. The van der Waals surface area contributed by atoms with E-state index >= 15 is 0 Å². The molecule has 110 valence electrons. The largest absolute Gasteiger partial charge is 0.493 e. The van der Waals surface area contributed by atoms with E-state index in [1.54, 1.807) is 6.07 Å². The van der Waals surface area contributed by atoms with Gasteiger partial charge in [0.25, 0.3) is 0 Å². The molecule has 1 aromatic heterocycles. The number of ether oxygens (including phenoxy) is 1. The van der Waals surface area contributed by atoms with Gasteiger partial charge in [0, 0.05) is 0 Å². The third-order valence-electron chi connectivity index (χ3n) is 2.71. The van der Waals surface area contributed by atoms with Crippen LogP contribution in [0.4, 0.5) is 11.5 Å². The molecule has 0 bridgehead atoms. The number of nitrogen functional groups attached to an aromatic ring is 1. The Bertz CT molecular complexity index is 647. The van der Waals surface area contributed by atoms with E-state index in [1.165, 1.54) is 6.20 Å². The predicted octanol–water partition coefficient (Wildman–Crippen LogP) is 3.14. The Hall–Kier alpha value is -2.08. The summed E-state index contributed by atoms with van der Waals surface area (Å²) < 4.78 is 6.18. The number of hydrogen-bond donors (Lipinski definition) is 2. The normalized spacial score (nSPS) is 10.2. The topological polar surface area (TPSA) is 77.2 Å². The van der Waals surface area contributed by atoms with Gasteiger partial charge in [-0.1, -0.05) is 12.1 Å². The van der Waals surface area contributed by atoms with Crippen molar-refractivity contribution in [3.63, 3.8) is 0 Å². The van der Waals surface area contributed by atoms with Gasteiger partial charge in [0.1, 0.15) is 11.6 Å². The molecular weight excluding hydrogens is 334 g/mol. The summed E-state index contributed by atoms with van der Waals surface area (Å²) in [4.78, 5) is 15.9. The standard InChI is InChI=1S/C15H16BrN3O2/c1-10-3-2-4-12(7-10)21-6-5-14(20)19-15-13(16)8-11(17)9-18-15/h2-4,7-9H,5-6,17H2,1H3,(H,18,19,20). The van der Waals surface area contributed by atoms with Gasteiger partial charge < -0.3 is 15.8 Å². The molecule has 2 rings (SSSR count). The number of carbonyl (C=O) groups excluding carboxylic acids is 1. The molecule has 1 heterocycles. The summed E-state index contributed by atoms with van der Waals surface area (Å²) in [7, 11) is 0. The van der Waals surface area contributed by atoms with E-state index in [2.05, 4.69) is 26.2 Å². The van der Waals surface area contributed by atoms with Crippen molar-refractivity contribution in [3.8, 4) is 5.75 Å². The number of rotatable bonds is 5. The number of pyridine rings is 1. The van der Waals surface area contributed by atoms with Gasteiger partial charge in [0.05, 0.1) is 29.4 Å². The van der Waals surface area contributed by atoms with E-state index in [0.717, 1.165) is 11.3 Å². The van der Waals surface area contributed by atoms with Gasteiger partial charge in [-0.15, -0.1) is 0 Å². The second kappa shape index (κ2) is 7.08. The third kappa shape index (κ3) is 4.75. The van der Waals surface area contributed by atoms with Gasteiger partial charge in [-0.2, -0.15) is 0 Å². The number of benzene rings is 1. The molecule has 0 aliphatic carbocycles. The fourth-order valence-corrected chi connectivity index (χ4v) is 2.17. The van der Waals surface area contributed by atoms with Crippen LogP contribution in [0.3, 0.4) is 0 Å². The van der Waals surface area contributed by atoms with Crippen molar-refractivity contribution in [2.24, 2.45) is 0 Å². The number of amides is 1. The summed E-state index contributed by atoms with van der Waals surface area (Å²) in [6.07, 6.45) is 1.73. The highest BCUT2D eigenvalue weighted by Crippen LogP contribution is 2.21. The van der Waals surface area contributed by atoms with Gasteiger partial charge in [0.15, 0.2) is 0 Å². The first-order valence-electron chi connectivity index (χ1n) is 6.45. The highest BCUT2D eigenvalue weighted by atomic mass is 79.9. The molecule has 0 radical (unpaired) electrons. The smallest absolute Gasteiger partial charge is 0.228 e. The Kier molecular flexibility index (Phi) is 5.16. The summed E-state index contributed by atoms with van der Waals surface area (Å²) in [5.74, 6) is 1.04.